The van der Waals surface area contributed by atoms with Crippen LogP contribution < -0.4 is 11.5 Å². The monoisotopic (exact) mass is 540 g/mol. The fourth-order valence-corrected chi connectivity index (χ4v) is 5.59. The smallest absolute Gasteiger partial charge is 0.240 e. The van der Waals surface area contributed by atoms with Gasteiger partial charge < -0.3 is 21.3 Å². The molecule has 3 aromatic rings. The third-order valence-electron chi connectivity index (χ3n) is 7.13. The number of nitrogens with two attached hydrogens (primary N) is 2. The van der Waals surface area contributed by atoms with Crippen molar-refractivity contribution in [3.63, 3.8) is 0 Å². The normalized spacial score (nSPS) is 18.7. The van der Waals surface area contributed by atoms with Gasteiger partial charge in [-0.15, -0.1) is 0 Å². The topological polar surface area (TPSA) is 92.7 Å². The Labute approximate surface area is 228 Å². The van der Waals surface area contributed by atoms with Gasteiger partial charge in [0, 0.05) is 35.2 Å². The number of carbonyl (C=O) groups excluding carboxylic acids is 2. The van der Waals surface area contributed by atoms with Gasteiger partial charge >= 0.3 is 0 Å². The Bertz CT molecular complexity index is 1270. The highest BCUT2D eigenvalue weighted by Crippen LogP contribution is 2.25. The number of piperazine rings is 1. The summed E-state index contributed by atoms with van der Waals surface area (Å²) in [6.07, 6.45) is 2.10. The third-order valence-corrected chi connectivity index (χ3v) is 7.71. The minimum atomic E-state index is -0.744. The first kappa shape index (κ1) is 27.4. The summed E-state index contributed by atoms with van der Waals surface area (Å²) < 4.78 is 0. The molecule has 0 saturated carbocycles. The summed E-state index contributed by atoms with van der Waals surface area (Å²) in [5.74, 6) is -0.0774. The van der Waals surface area contributed by atoms with Crippen molar-refractivity contribution in [2.75, 3.05) is 19.6 Å². The lowest BCUT2D eigenvalue weighted by molar-refractivity contribution is -0.147. The number of amides is 2. The number of carbonyl (C=O) groups is 2. The Kier molecular flexibility index (Phi) is 9.08. The molecule has 0 aromatic heterocycles. The first-order valence-corrected chi connectivity index (χ1v) is 13.5. The summed E-state index contributed by atoms with van der Waals surface area (Å²) >= 11 is 12.3. The molecule has 6 nitrogen and oxygen atoms in total. The molecule has 1 saturated heterocycles. The van der Waals surface area contributed by atoms with Crippen LogP contribution in [0, 0.1) is 0 Å². The summed E-state index contributed by atoms with van der Waals surface area (Å²) in [6.45, 7) is 3.40. The Balaban J connectivity index is 1.46. The van der Waals surface area contributed by atoms with Crippen LogP contribution in [0.1, 0.15) is 30.9 Å². The van der Waals surface area contributed by atoms with E-state index in [1.165, 1.54) is 0 Å². The van der Waals surface area contributed by atoms with Crippen molar-refractivity contribution in [3.05, 3.63) is 81.8 Å². The molecule has 0 radical (unpaired) electrons. The van der Waals surface area contributed by atoms with Gasteiger partial charge in [-0.3, -0.25) is 9.59 Å². The number of hydrogen-bond acceptors (Lipinski definition) is 4. The minimum Gasteiger partial charge on any atom is -0.336 e. The highest BCUT2D eigenvalue weighted by atomic mass is 35.5. The SMILES string of the molecule is C[C@@H]1CN(C(=O)[C@H](N)Cc2ccc(Cl)cc2Cl)C(CCCN)CN1C(=O)Cc1ccc2ccccc2c1. The van der Waals surface area contributed by atoms with E-state index in [0.717, 1.165) is 28.3 Å². The lowest BCUT2D eigenvalue weighted by atomic mass is 9.98. The molecule has 4 rings (SSSR count). The molecule has 8 heteroatoms. The molecule has 1 aliphatic rings. The number of rotatable bonds is 8. The predicted molar refractivity (Wildman–Crippen MR) is 151 cm³/mol. The molecular formula is C29H34Cl2N4O2. The van der Waals surface area contributed by atoms with Gasteiger partial charge in [0.1, 0.15) is 0 Å². The van der Waals surface area contributed by atoms with Crippen LogP contribution in [0.4, 0.5) is 0 Å². The van der Waals surface area contributed by atoms with Crippen molar-refractivity contribution in [1.82, 2.24) is 9.80 Å². The molecule has 4 N–H and O–H groups in total. The number of fused-ring (bicyclic) bond motifs is 1. The lowest BCUT2D eigenvalue weighted by Crippen LogP contribution is -2.63. The fourth-order valence-electron chi connectivity index (χ4n) is 5.11. The highest BCUT2D eigenvalue weighted by molar-refractivity contribution is 6.35. The number of halogens is 2. The molecular weight excluding hydrogens is 507 g/mol. The van der Waals surface area contributed by atoms with Gasteiger partial charge in [0.2, 0.25) is 11.8 Å². The third kappa shape index (κ3) is 6.63. The van der Waals surface area contributed by atoms with E-state index in [-0.39, 0.29) is 23.9 Å². The van der Waals surface area contributed by atoms with E-state index < -0.39 is 6.04 Å². The van der Waals surface area contributed by atoms with E-state index in [1.807, 2.05) is 34.9 Å². The molecule has 196 valence electrons. The van der Waals surface area contributed by atoms with Crippen LogP contribution in [-0.4, -0.2) is 59.4 Å². The standard InChI is InChI=1S/C29H34Cl2N4O2/c1-19-17-35(29(37)27(33)15-23-10-11-24(30)16-26(23)31)25(7-4-12-32)18-34(19)28(36)14-20-8-9-21-5-2-3-6-22(21)13-20/h2-3,5-6,8-11,13,16,19,25,27H,4,7,12,14-15,17-18,32-33H2,1H3/t19-,25?,27-/m1/s1. The van der Waals surface area contributed by atoms with Crippen LogP contribution in [-0.2, 0) is 22.4 Å². The van der Waals surface area contributed by atoms with Crippen molar-refractivity contribution >= 4 is 45.8 Å². The van der Waals surface area contributed by atoms with Crippen LogP contribution in [0.3, 0.4) is 0 Å². The average molecular weight is 542 g/mol. The molecule has 1 heterocycles. The van der Waals surface area contributed by atoms with Crippen LogP contribution >= 0.6 is 23.2 Å². The second kappa shape index (κ2) is 12.3. The molecule has 1 unspecified atom stereocenters. The molecule has 0 bridgehead atoms. The van der Waals surface area contributed by atoms with E-state index in [1.54, 1.807) is 18.2 Å². The zero-order chi connectivity index (χ0) is 26.5. The molecule has 1 aliphatic heterocycles. The molecule has 1 fully saturated rings. The largest absolute Gasteiger partial charge is 0.336 e. The number of hydrogen-bond donors (Lipinski definition) is 2. The van der Waals surface area contributed by atoms with Gasteiger partial charge in [0.05, 0.1) is 12.5 Å². The molecule has 0 aliphatic carbocycles. The second-order valence-corrected chi connectivity index (χ2v) is 10.7. The summed E-state index contributed by atoms with van der Waals surface area (Å²) in [6, 6.07) is 18.4. The zero-order valence-electron chi connectivity index (χ0n) is 21.1. The summed E-state index contributed by atoms with van der Waals surface area (Å²) in [7, 11) is 0. The number of benzene rings is 3. The van der Waals surface area contributed by atoms with Gasteiger partial charge in [-0.2, -0.15) is 0 Å². The maximum atomic E-state index is 13.5. The van der Waals surface area contributed by atoms with Gasteiger partial charge in [0.25, 0.3) is 0 Å². The quantitative estimate of drug-likeness (QED) is 0.442. The van der Waals surface area contributed by atoms with Crippen LogP contribution in [0.5, 0.6) is 0 Å². The van der Waals surface area contributed by atoms with Crippen molar-refractivity contribution in [2.24, 2.45) is 11.5 Å². The minimum absolute atomic E-state index is 0.0601. The molecule has 2 amide bonds. The number of nitrogens with zero attached hydrogens (tertiary/aromatic N) is 2. The first-order valence-electron chi connectivity index (χ1n) is 12.7. The highest BCUT2D eigenvalue weighted by Gasteiger charge is 2.37. The van der Waals surface area contributed by atoms with Gasteiger partial charge in [-0.25, -0.2) is 0 Å². The average Bonchev–Trinajstić information content (AvgIpc) is 2.88. The van der Waals surface area contributed by atoms with Crippen molar-refractivity contribution in [1.29, 1.82) is 0 Å². The van der Waals surface area contributed by atoms with Gasteiger partial charge in [-0.05, 0) is 66.8 Å². The zero-order valence-corrected chi connectivity index (χ0v) is 22.6. The van der Waals surface area contributed by atoms with Crippen LogP contribution in [0.25, 0.3) is 10.8 Å². The van der Waals surface area contributed by atoms with Crippen molar-refractivity contribution in [3.8, 4) is 0 Å². The lowest BCUT2D eigenvalue weighted by Gasteiger charge is -2.46. The Morgan fingerprint density at radius 1 is 1.00 bits per heavy atom. The van der Waals surface area contributed by atoms with E-state index in [4.69, 9.17) is 34.7 Å². The molecule has 3 atom stereocenters. The van der Waals surface area contributed by atoms with Crippen molar-refractivity contribution < 1.29 is 9.59 Å². The first-order chi connectivity index (χ1) is 17.8. The summed E-state index contributed by atoms with van der Waals surface area (Å²) in [4.78, 5) is 30.6. The van der Waals surface area contributed by atoms with Gasteiger partial charge in [0.15, 0.2) is 0 Å². The van der Waals surface area contributed by atoms with E-state index in [9.17, 15) is 9.59 Å². The van der Waals surface area contributed by atoms with Crippen LogP contribution in [0.2, 0.25) is 10.0 Å². The second-order valence-electron chi connectivity index (χ2n) is 9.88. The predicted octanol–water partition coefficient (Wildman–Crippen LogP) is 4.43. The maximum absolute atomic E-state index is 13.5. The Hall–Kier alpha value is -2.64. The van der Waals surface area contributed by atoms with Crippen LogP contribution in [0.15, 0.2) is 60.7 Å². The van der Waals surface area contributed by atoms with E-state index >= 15 is 0 Å². The summed E-state index contributed by atoms with van der Waals surface area (Å²) in [5.41, 5.74) is 13.9. The molecule has 37 heavy (non-hydrogen) atoms. The fraction of sp³-hybridized carbons (Fsp3) is 0.379. The molecule has 3 aromatic carbocycles. The Morgan fingerprint density at radius 3 is 2.49 bits per heavy atom. The Morgan fingerprint density at radius 2 is 1.76 bits per heavy atom. The van der Waals surface area contributed by atoms with Gasteiger partial charge in [-0.1, -0.05) is 71.7 Å². The van der Waals surface area contributed by atoms with Crippen molar-refractivity contribution in [2.45, 2.75) is 50.7 Å². The maximum Gasteiger partial charge on any atom is 0.240 e. The van der Waals surface area contributed by atoms with E-state index in [2.05, 4.69) is 24.3 Å². The summed E-state index contributed by atoms with van der Waals surface area (Å²) in [5, 5.41) is 3.30. The molecule has 0 spiro atoms. The van der Waals surface area contributed by atoms with E-state index in [0.29, 0.717) is 48.9 Å².